The van der Waals surface area contributed by atoms with E-state index in [1.165, 1.54) is 5.56 Å². The molecule has 0 bridgehead atoms. The molecule has 24 heavy (non-hydrogen) atoms. The minimum Gasteiger partial charge on any atom is -0.392 e. The highest BCUT2D eigenvalue weighted by atomic mass is 16.3. The fourth-order valence-corrected chi connectivity index (χ4v) is 3.54. The molecule has 1 aromatic carbocycles. The van der Waals surface area contributed by atoms with Crippen LogP contribution in [0.15, 0.2) is 42.5 Å². The van der Waals surface area contributed by atoms with Crippen molar-refractivity contribution in [3.63, 3.8) is 0 Å². The minimum atomic E-state index is -0.315. The van der Waals surface area contributed by atoms with Crippen LogP contribution in [0.5, 0.6) is 0 Å². The Kier molecular flexibility index (Phi) is 5.88. The number of nitrogens with one attached hydrogen (secondary N) is 2. The quantitative estimate of drug-likeness (QED) is 0.724. The molecule has 2 aliphatic rings. The summed E-state index contributed by atoms with van der Waals surface area (Å²) in [5.74, 6) is 0. The zero-order valence-corrected chi connectivity index (χ0v) is 14.0. The molecule has 0 spiro atoms. The van der Waals surface area contributed by atoms with E-state index in [0.717, 1.165) is 25.8 Å². The first-order chi connectivity index (χ1) is 11.7. The third kappa shape index (κ3) is 4.82. The van der Waals surface area contributed by atoms with Gasteiger partial charge in [0.1, 0.15) is 0 Å². The van der Waals surface area contributed by atoms with Gasteiger partial charge in [-0.3, -0.25) is 4.90 Å². The molecule has 1 heterocycles. The number of β-amino-alcohol motifs (C(OH)–C–C–N with tert-alkyl or cyclic N) is 1. The van der Waals surface area contributed by atoms with Gasteiger partial charge in [-0.25, -0.2) is 4.79 Å². The van der Waals surface area contributed by atoms with Crippen molar-refractivity contribution < 1.29 is 9.90 Å². The Morgan fingerprint density at radius 1 is 1.29 bits per heavy atom. The number of urea groups is 1. The first-order valence-corrected chi connectivity index (χ1v) is 8.88. The molecule has 1 aromatic rings. The Balaban J connectivity index is 1.48. The Morgan fingerprint density at radius 2 is 2.12 bits per heavy atom. The lowest BCUT2D eigenvalue weighted by molar-refractivity contribution is 0.172. The summed E-state index contributed by atoms with van der Waals surface area (Å²) in [5.41, 5.74) is 1.23. The Morgan fingerprint density at radius 3 is 2.88 bits per heavy atom. The summed E-state index contributed by atoms with van der Waals surface area (Å²) in [7, 11) is 0. The second-order valence-corrected chi connectivity index (χ2v) is 6.78. The molecule has 2 amide bonds. The lowest BCUT2D eigenvalue weighted by Crippen LogP contribution is -2.46. The zero-order valence-electron chi connectivity index (χ0n) is 14.0. The number of hydrogen-bond donors (Lipinski definition) is 3. The number of likely N-dealkylation sites (tertiary alicyclic amines) is 1. The van der Waals surface area contributed by atoms with E-state index in [9.17, 15) is 9.90 Å². The Hall–Kier alpha value is -1.85. The van der Waals surface area contributed by atoms with Gasteiger partial charge in [-0.2, -0.15) is 0 Å². The Bertz CT molecular complexity index is 561. The van der Waals surface area contributed by atoms with Crippen molar-refractivity contribution in [2.45, 2.75) is 50.4 Å². The van der Waals surface area contributed by atoms with Crippen molar-refractivity contribution >= 4 is 6.03 Å². The molecular formula is C19H27N3O2. The van der Waals surface area contributed by atoms with Gasteiger partial charge >= 0.3 is 6.03 Å². The molecule has 0 aromatic heterocycles. The predicted octanol–water partition coefficient (Wildman–Crippen LogP) is 2.03. The monoisotopic (exact) mass is 329 g/mol. The maximum atomic E-state index is 12.1. The molecule has 5 nitrogen and oxygen atoms in total. The van der Waals surface area contributed by atoms with Crippen LogP contribution in [0.4, 0.5) is 4.79 Å². The van der Waals surface area contributed by atoms with Gasteiger partial charge < -0.3 is 15.7 Å². The molecule has 1 fully saturated rings. The number of nitrogens with zero attached hydrogens (tertiary/aromatic N) is 1. The summed E-state index contributed by atoms with van der Waals surface area (Å²) >= 11 is 0. The molecule has 1 saturated heterocycles. The van der Waals surface area contributed by atoms with E-state index in [4.69, 9.17) is 0 Å². The summed E-state index contributed by atoms with van der Waals surface area (Å²) in [4.78, 5) is 14.3. The average Bonchev–Trinajstić information content (AvgIpc) is 2.94. The van der Waals surface area contributed by atoms with Crippen LogP contribution in [0, 0.1) is 0 Å². The fourth-order valence-electron chi connectivity index (χ4n) is 3.54. The number of benzene rings is 1. The first-order valence-electron chi connectivity index (χ1n) is 8.88. The maximum absolute atomic E-state index is 12.1. The molecule has 3 N–H and O–H groups in total. The third-order valence-corrected chi connectivity index (χ3v) is 4.80. The van der Waals surface area contributed by atoms with Crippen LogP contribution in [0.3, 0.4) is 0 Å². The van der Waals surface area contributed by atoms with Gasteiger partial charge in [0.25, 0.3) is 0 Å². The number of aliphatic hydroxyl groups excluding tert-OH is 1. The highest BCUT2D eigenvalue weighted by Gasteiger charge is 2.31. The number of carbonyl (C=O) groups excluding carboxylic acids is 1. The summed E-state index contributed by atoms with van der Waals surface area (Å²) in [6.45, 7) is 2.03. The van der Waals surface area contributed by atoms with E-state index in [1.807, 2.05) is 18.2 Å². The van der Waals surface area contributed by atoms with Crippen molar-refractivity contribution in [3.05, 3.63) is 48.0 Å². The first kappa shape index (κ1) is 17.0. The number of carbonyl (C=O) groups is 1. The van der Waals surface area contributed by atoms with E-state index in [2.05, 4.69) is 39.8 Å². The van der Waals surface area contributed by atoms with Crippen molar-refractivity contribution in [3.8, 4) is 0 Å². The van der Waals surface area contributed by atoms with Gasteiger partial charge in [0.05, 0.1) is 6.10 Å². The highest BCUT2D eigenvalue weighted by molar-refractivity contribution is 5.74. The van der Waals surface area contributed by atoms with Crippen molar-refractivity contribution in [2.75, 3.05) is 13.1 Å². The molecule has 0 saturated carbocycles. The molecule has 3 rings (SSSR count). The van der Waals surface area contributed by atoms with Crippen LogP contribution in [-0.2, 0) is 6.54 Å². The summed E-state index contributed by atoms with van der Waals surface area (Å²) in [6, 6.07) is 10.5. The molecule has 0 radical (unpaired) electrons. The number of hydrogen-bond acceptors (Lipinski definition) is 3. The normalized spacial score (nSPS) is 27.1. The van der Waals surface area contributed by atoms with Gasteiger partial charge in [-0.15, -0.1) is 0 Å². The number of amides is 2. The van der Waals surface area contributed by atoms with Gasteiger partial charge in [-0.05, 0) is 31.2 Å². The number of allylic oxidation sites excluding steroid dienone is 1. The highest BCUT2D eigenvalue weighted by Crippen LogP contribution is 2.20. The van der Waals surface area contributed by atoms with Crippen LogP contribution in [0.25, 0.3) is 0 Å². The molecule has 1 aliphatic heterocycles. The Labute approximate surface area is 143 Å². The number of aliphatic hydroxyl groups is 1. The second kappa shape index (κ2) is 8.31. The van der Waals surface area contributed by atoms with Crippen LogP contribution < -0.4 is 10.6 Å². The van der Waals surface area contributed by atoms with Crippen molar-refractivity contribution in [1.29, 1.82) is 0 Å². The molecule has 3 atom stereocenters. The van der Waals surface area contributed by atoms with E-state index in [1.54, 1.807) is 0 Å². The lowest BCUT2D eigenvalue weighted by Gasteiger charge is -2.25. The lowest BCUT2D eigenvalue weighted by atomic mass is 10.0. The van der Waals surface area contributed by atoms with E-state index in [0.29, 0.717) is 19.5 Å². The standard InChI is InChI=1S/C19H27N3O2/c23-18-11-17(22(14-18)13-15-7-3-1-4-8-15)12-20-19(24)21-16-9-5-2-6-10-16/h1,3-5,7-9,16-18,23H,2,6,10-14H2,(H2,20,21,24). The van der Waals surface area contributed by atoms with Crippen molar-refractivity contribution in [1.82, 2.24) is 15.5 Å². The second-order valence-electron chi connectivity index (χ2n) is 6.78. The smallest absolute Gasteiger partial charge is 0.315 e. The molecular weight excluding hydrogens is 302 g/mol. The van der Waals surface area contributed by atoms with Crippen LogP contribution >= 0.6 is 0 Å². The van der Waals surface area contributed by atoms with Gasteiger partial charge in [0, 0.05) is 31.7 Å². The van der Waals surface area contributed by atoms with Crippen molar-refractivity contribution in [2.24, 2.45) is 0 Å². The predicted molar refractivity (Wildman–Crippen MR) is 94.6 cm³/mol. The van der Waals surface area contributed by atoms with Gasteiger partial charge in [0.2, 0.25) is 0 Å². The summed E-state index contributed by atoms with van der Waals surface area (Å²) in [5, 5.41) is 16.0. The maximum Gasteiger partial charge on any atom is 0.315 e. The topological polar surface area (TPSA) is 64.6 Å². The van der Waals surface area contributed by atoms with Crippen LogP contribution in [0.2, 0.25) is 0 Å². The van der Waals surface area contributed by atoms with Crippen LogP contribution in [0.1, 0.15) is 31.2 Å². The third-order valence-electron chi connectivity index (χ3n) is 4.80. The summed E-state index contributed by atoms with van der Waals surface area (Å²) < 4.78 is 0. The van der Waals surface area contributed by atoms with Gasteiger partial charge in [-0.1, -0.05) is 42.5 Å². The number of rotatable bonds is 5. The van der Waals surface area contributed by atoms with Gasteiger partial charge in [0.15, 0.2) is 0 Å². The minimum absolute atomic E-state index is 0.118. The summed E-state index contributed by atoms with van der Waals surface area (Å²) in [6.07, 6.45) is 7.83. The molecule has 5 heteroatoms. The molecule has 1 aliphatic carbocycles. The fraction of sp³-hybridized carbons (Fsp3) is 0.526. The zero-order chi connectivity index (χ0) is 16.8. The largest absolute Gasteiger partial charge is 0.392 e. The van der Waals surface area contributed by atoms with Crippen LogP contribution in [-0.4, -0.2) is 47.3 Å². The molecule has 3 unspecified atom stereocenters. The van der Waals surface area contributed by atoms with E-state index < -0.39 is 0 Å². The average molecular weight is 329 g/mol. The van der Waals surface area contributed by atoms with E-state index >= 15 is 0 Å². The molecule has 130 valence electrons. The SMILES string of the molecule is O=C(NCC1CC(O)CN1Cc1ccccc1)NC1C=CCCC1. The van der Waals surface area contributed by atoms with E-state index in [-0.39, 0.29) is 24.2 Å².